The van der Waals surface area contributed by atoms with E-state index >= 15 is 0 Å². The molecule has 2 N–H and O–H groups in total. The van der Waals surface area contributed by atoms with Gasteiger partial charge in [-0.3, -0.25) is 4.79 Å². The van der Waals surface area contributed by atoms with E-state index < -0.39 is 0 Å². The van der Waals surface area contributed by atoms with E-state index in [1.54, 1.807) is 6.33 Å². The van der Waals surface area contributed by atoms with Crippen LogP contribution in [0.15, 0.2) is 24.5 Å². The zero-order valence-electron chi connectivity index (χ0n) is 15.0. The molecule has 0 aliphatic heterocycles. The molecular weight excluding hydrogens is 328 g/mol. The van der Waals surface area contributed by atoms with Gasteiger partial charge >= 0.3 is 0 Å². The van der Waals surface area contributed by atoms with Gasteiger partial charge in [0.1, 0.15) is 12.2 Å². The van der Waals surface area contributed by atoms with E-state index in [1.165, 1.54) is 32.1 Å². The van der Waals surface area contributed by atoms with Crippen LogP contribution in [-0.2, 0) is 17.8 Å². The second kappa shape index (κ2) is 7.27. The van der Waals surface area contributed by atoms with Gasteiger partial charge in [-0.05, 0) is 37.5 Å². The van der Waals surface area contributed by atoms with Gasteiger partial charge in [0.05, 0.1) is 24.0 Å². The normalized spacial score (nSPS) is 15.4. The second-order valence-electron chi connectivity index (χ2n) is 7.07. The minimum absolute atomic E-state index is 0.0150. The first kappa shape index (κ1) is 16.8. The minimum atomic E-state index is -0.0150. The summed E-state index contributed by atoms with van der Waals surface area (Å²) < 4.78 is 2.14. The molecule has 4 rings (SSSR count). The van der Waals surface area contributed by atoms with Crippen LogP contribution in [0.25, 0.3) is 11.0 Å². The van der Waals surface area contributed by atoms with Gasteiger partial charge in [-0.25, -0.2) is 4.98 Å². The lowest BCUT2D eigenvalue weighted by molar-refractivity contribution is -0.120. The largest absolute Gasteiger partial charge is 0.349 e. The molecule has 2 aromatic heterocycles. The van der Waals surface area contributed by atoms with Gasteiger partial charge in [0.2, 0.25) is 5.91 Å². The molecule has 136 valence electrons. The Bertz CT molecular complexity index is 906. The summed E-state index contributed by atoms with van der Waals surface area (Å²) in [5, 5.41) is 11.2. The van der Waals surface area contributed by atoms with Gasteiger partial charge in [-0.15, -0.1) is 10.2 Å². The van der Waals surface area contributed by atoms with Crippen LogP contribution in [0.4, 0.5) is 0 Å². The molecule has 2 heterocycles. The predicted octanol–water partition coefficient (Wildman–Crippen LogP) is 2.83. The Hall–Kier alpha value is -2.70. The smallest absolute Gasteiger partial charge is 0.224 e. The predicted molar refractivity (Wildman–Crippen MR) is 98.5 cm³/mol. The molecule has 0 spiro atoms. The highest BCUT2D eigenvalue weighted by atomic mass is 16.1. The molecule has 0 radical (unpaired) electrons. The number of nitrogens with one attached hydrogen (secondary N) is 2. The maximum atomic E-state index is 12.3. The van der Waals surface area contributed by atoms with Crippen molar-refractivity contribution in [3.8, 4) is 0 Å². The van der Waals surface area contributed by atoms with E-state index in [2.05, 4.69) is 30.0 Å². The number of amides is 1. The SMILES string of the molecule is Cc1nc2ccc(CC(=O)NCc3nncn3C3CCCCC3)cc2[nH]1. The number of fused-ring (bicyclic) bond motifs is 1. The van der Waals surface area contributed by atoms with Crippen LogP contribution in [0, 0.1) is 6.92 Å². The van der Waals surface area contributed by atoms with Crippen molar-refractivity contribution < 1.29 is 4.79 Å². The molecule has 0 bridgehead atoms. The molecule has 1 fully saturated rings. The number of aromatic nitrogens is 5. The van der Waals surface area contributed by atoms with Gasteiger partial charge in [0.15, 0.2) is 5.82 Å². The maximum absolute atomic E-state index is 12.3. The Morgan fingerprint density at radius 1 is 1.31 bits per heavy atom. The number of H-pyrrole nitrogens is 1. The van der Waals surface area contributed by atoms with E-state index in [0.717, 1.165) is 28.2 Å². The lowest BCUT2D eigenvalue weighted by Gasteiger charge is -2.24. The van der Waals surface area contributed by atoms with Gasteiger partial charge in [-0.2, -0.15) is 0 Å². The average molecular weight is 352 g/mol. The molecule has 1 aromatic carbocycles. The number of nitrogens with zero attached hydrogens (tertiary/aromatic N) is 4. The van der Waals surface area contributed by atoms with Crippen molar-refractivity contribution in [1.82, 2.24) is 30.0 Å². The summed E-state index contributed by atoms with van der Waals surface area (Å²) in [6, 6.07) is 6.35. The zero-order chi connectivity index (χ0) is 17.9. The molecule has 26 heavy (non-hydrogen) atoms. The average Bonchev–Trinajstić information content (AvgIpc) is 3.25. The summed E-state index contributed by atoms with van der Waals surface area (Å²) in [5.74, 6) is 1.70. The summed E-state index contributed by atoms with van der Waals surface area (Å²) >= 11 is 0. The van der Waals surface area contributed by atoms with Crippen molar-refractivity contribution in [3.63, 3.8) is 0 Å². The van der Waals surface area contributed by atoms with E-state index in [4.69, 9.17) is 0 Å². The van der Waals surface area contributed by atoms with Crippen molar-refractivity contribution in [3.05, 3.63) is 41.7 Å². The number of aryl methyl sites for hydroxylation is 1. The minimum Gasteiger partial charge on any atom is -0.349 e. The lowest BCUT2D eigenvalue weighted by atomic mass is 9.95. The fourth-order valence-electron chi connectivity index (χ4n) is 3.78. The van der Waals surface area contributed by atoms with Gasteiger partial charge in [0, 0.05) is 6.04 Å². The van der Waals surface area contributed by atoms with E-state index in [0.29, 0.717) is 19.0 Å². The zero-order valence-corrected chi connectivity index (χ0v) is 15.0. The fourth-order valence-corrected chi connectivity index (χ4v) is 3.78. The van der Waals surface area contributed by atoms with Crippen molar-refractivity contribution in [1.29, 1.82) is 0 Å². The van der Waals surface area contributed by atoms with Gasteiger partial charge < -0.3 is 14.9 Å². The molecule has 1 aliphatic rings. The van der Waals surface area contributed by atoms with Crippen LogP contribution in [0.2, 0.25) is 0 Å². The third-order valence-electron chi connectivity index (χ3n) is 5.09. The van der Waals surface area contributed by atoms with Crippen LogP contribution >= 0.6 is 0 Å². The number of hydrogen-bond donors (Lipinski definition) is 2. The summed E-state index contributed by atoms with van der Waals surface area (Å²) in [5.41, 5.74) is 2.85. The highest BCUT2D eigenvalue weighted by molar-refractivity contribution is 5.81. The molecule has 7 nitrogen and oxygen atoms in total. The lowest BCUT2D eigenvalue weighted by Crippen LogP contribution is -2.27. The first-order valence-corrected chi connectivity index (χ1v) is 9.29. The van der Waals surface area contributed by atoms with Crippen molar-refractivity contribution in [2.45, 2.75) is 58.0 Å². The molecule has 1 amide bonds. The van der Waals surface area contributed by atoms with Crippen LogP contribution in [0.5, 0.6) is 0 Å². The van der Waals surface area contributed by atoms with E-state index in [1.807, 2.05) is 25.1 Å². The van der Waals surface area contributed by atoms with E-state index in [9.17, 15) is 4.79 Å². The number of imidazole rings is 1. The monoisotopic (exact) mass is 352 g/mol. The summed E-state index contributed by atoms with van der Waals surface area (Å²) in [7, 11) is 0. The quantitative estimate of drug-likeness (QED) is 0.739. The molecule has 1 saturated carbocycles. The fraction of sp³-hybridized carbons (Fsp3) is 0.474. The Balaban J connectivity index is 1.37. The molecule has 0 unspecified atom stereocenters. The van der Waals surface area contributed by atoms with Crippen molar-refractivity contribution >= 4 is 16.9 Å². The van der Waals surface area contributed by atoms with Crippen LogP contribution in [0.3, 0.4) is 0 Å². The molecule has 3 aromatic rings. The standard InChI is InChI=1S/C19H24N6O/c1-13-22-16-8-7-14(9-17(16)23-13)10-19(26)20-11-18-24-21-12-25(18)15-5-3-2-4-6-15/h7-9,12,15H,2-6,10-11H2,1H3,(H,20,26)(H,22,23). The first-order chi connectivity index (χ1) is 12.7. The number of carbonyl (C=O) groups excluding carboxylic acids is 1. The van der Waals surface area contributed by atoms with Crippen LogP contribution in [-0.4, -0.2) is 30.6 Å². The number of aromatic amines is 1. The topological polar surface area (TPSA) is 88.5 Å². The maximum Gasteiger partial charge on any atom is 0.224 e. The summed E-state index contributed by atoms with van der Waals surface area (Å²) in [6.45, 7) is 2.34. The molecule has 0 saturated heterocycles. The Morgan fingerprint density at radius 2 is 2.15 bits per heavy atom. The van der Waals surface area contributed by atoms with Crippen molar-refractivity contribution in [2.24, 2.45) is 0 Å². The van der Waals surface area contributed by atoms with Crippen molar-refractivity contribution in [2.75, 3.05) is 0 Å². The molecule has 7 heteroatoms. The van der Waals surface area contributed by atoms with Gasteiger partial charge in [0.25, 0.3) is 0 Å². The second-order valence-corrected chi connectivity index (χ2v) is 7.07. The highest BCUT2D eigenvalue weighted by Gasteiger charge is 2.18. The molecule has 1 aliphatic carbocycles. The molecular formula is C19H24N6O. The third kappa shape index (κ3) is 3.61. The number of benzene rings is 1. The van der Waals surface area contributed by atoms with E-state index in [-0.39, 0.29) is 5.91 Å². The van der Waals surface area contributed by atoms with Crippen LogP contribution in [0.1, 0.15) is 55.4 Å². The Morgan fingerprint density at radius 3 is 3.00 bits per heavy atom. The summed E-state index contributed by atoms with van der Waals surface area (Å²) in [6.07, 6.45) is 8.29. The third-order valence-corrected chi connectivity index (χ3v) is 5.09. The summed E-state index contributed by atoms with van der Waals surface area (Å²) in [4.78, 5) is 19.9. The van der Waals surface area contributed by atoms with Crippen LogP contribution < -0.4 is 5.32 Å². The highest BCUT2D eigenvalue weighted by Crippen LogP contribution is 2.28. The number of carbonyl (C=O) groups is 1. The first-order valence-electron chi connectivity index (χ1n) is 9.29. The Labute approximate surface area is 152 Å². The molecule has 0 atom stereocenters. The Kier molecular flexibility index (Phi) is 4.69. The number of rotatable bonds is 5. The number of hydrogen-bond acceptors (Lipinski definition) is 4. The van der Waals surface area contributed by atoms with Gasteiger partial charge in [-0.1, -0.05) is 25.3 Å².